The number of benzene rings is 1. The van der Waals surface area contributed by atoms with E-state index < -0.39 is 4.33 Å². The number of hydrogen-bond donors (Lipinski definition) is 1. The van der Waals surface area contributed by atoms with Gasteiger partial charge in [0.2, 0.25) is 6.20 Å². The van der Waals surface area contributed by atoms with Gasteiger partial charge in [-0.15, -0.1) is 23.2 Å². The Labute approximate surface area is 132 Å². The van der Waals surface area contributed by atoms with Crippen molar-refractivity contribution in [2.75, 3.05) is 0 Å². The molecule has 1 aromatic heterocycles. The van der Waals surface area contributed by atoms with Crippen LogP contribution in [0.2, 0.25) is 0 Å². The first-order chi connectivity index (χ1) is 9.56. The summed E-state index contributed by atoms with van der Waals surface area (Å²) in [5.74, 6) is 1.07. The summed E-state index contributed by atoms with van der Waals surface area (Å²) in [4.78, 5) is 0. The van der Waals surface area contributed by atoms with Gasteiger partial charge in [0.15, 0.2) is 0 Å². The first-order valence-electron chi connectivity index (χ1n) is 6.36. The van der Waals surface area contributed by atoms with Gasteiger partial charge in [-0.05, 0) is 35.4 Å². The van der Waals surface area contributed by atoms with Gasteiger partial charge < -0.3 is 0 Å². The molecule has 0 saturated heterocycles. The second-order valence-electron chi connectivity index (χ2n) is 4.93. The average molecular weight is 327 g/mol. The van der Waals surface area contributed by atoms with Crippen molar-refractivity contribution in [2.24, 2.45) is 0 Å². The summed E-state index contributed by atoms with van der Waals surface area (Å²) in [7, 11) is 0. The topological polar surface area (TPSA) is 24.1 Å². The van der Waals surface area contributed by atoms with E-state index in [4.69, 9.17) is 23.2 Å². The molecule has 1 aromatic carbocycles. The Hall–Kier alpha value is -0.900. The molecule has 1 aliphatic rings. The van der Waals surface area contributed by atoms with Crippen LogP contribution in [0.25, 0.3) is 0 Å². The molecule has 2 aromatic rings. The van der Waals surface area contributed by atoms with Crippen LogP contribution >= 0.6 is 35.0 Å². The summed E-state index contributed by atoms with van der Waals surface area (Å²) < 4.78 is 0.571. The summed E-state index contributed by atoms with van der Waals surface area (Å²) in [6, 6.07) is 13.9. The van der Waals surface area contributed by atoms with E-state index in [1.54, 1.807) is 24.0 Å². The second kappa shape index (κ2) is 5.47. The zero-order valence-electron chi connectivity index (χ0n) is 10.7. The smallest absolute Gasteiger partial charge is 0.284 e. The Morgan fingerprint density at radius 2 is 1.90 bits per heavy atom. The highest BCUT2D eigenvalue weighted by atomic mass is 35.5. The van der Waals surface area contributed by atoms with E-state index in [1.165, 1.54) is 11.1 Å². The molecule has 5 heteroatoms. The Morgan fingerprint density at radius 3 is 2.50 bits per heavy atom. The van der Waals surface area contributed by atoms with Crippen LogP contribution in [0.4, 0.5) is 0 Å². The highest BCUT2D eigenvalue weighted by Gasteiger charge is 2.52. The zero-order valence-corrected chi connectivity index (χ0v) is 13.0. The fourth-order valence-corrected chi connectivity index (χ4v) is 3.55. The molecule has 1 N–H and O–H groups in total. The molecular weight excluding hydrogens is 313 g/mol. The third-order valence-corrected chi connectivity index (χ3v) is 5.33. The second-order valence-corrected chi connectivity index (χ2v) is 7.47. The molecule has 1 fully saturated rings. The highest BCUT2D eigenvalue weighted by molar-refractivity contribution is 7.98. The molecular formula is C15H14Cl2NOS+. The van der Waals surface area contributed by atoms with Crippen LogP contribution in [0.1, 0.15) is 23.5 Å². The van der Waals surface area contributed by atoms with E-state index in [0.717, 1.165) is 21.9 Å². The maximum atomic E-state index is 9.64. The van der Waals surface area contributed by atoms with Crippen molar-refractivity contribution in [1.82, 2.24) is 0 Å². The lowest BCUT2D eigenvalue weighted by Crippen LogP contribution is -2.31. The number of alkyl halides is 2. The maximum Gasteiger partial charge on any atom is 0.291 e. The number of hydrogen-bond acceptors (Lipinski definition) is 2. The fourth-order valence-electron chi connectivity index (χ4n) is 2.11. The molecule has 20 heavy (non-hydrogen) atoms. The normalized spacial score (nSPS) is 19.8. The largest absolute Gasteiger partial charge is 0.291 e. The van der Waals surface area contributed by atoms with E-state index in [-0.39, 0.29) is 5.92 Å². The molecule has 0 radical (unpaired) electrons. The van der Waals surface area contributed by atoms with E-state index >= 15 is 0 Å². The lowest BCUT2D eigenvalue weighted by atomic mass is 10.1. The highest BCUT2D eigenvalue weighted by Crippen LogP contribution is 2.59. The van der Waals surface area contributed by atoms with Gasteiger partial charge in [-0.3, -0.25) is 5.21 Å². The van der Waals surface area contributed by atoms with Gasteiger partial charge in [-0.1, -0.05) is 24.3 Å². The maximum absolute atomic E-state index is 9.64. The summed E-state index contributed by atoms with van der Waals surface area (Å²) >= 11 is 13.7. The Bertz CT molecular complexity index is 616. The van der Waals surface area contributed by atoms with Gasteiger partial charge in [-0.2, -0.15) is 0 Å². The van der Waals surface area contributed by atoms with Gasteiger partial charge in [0.05, 0.1) is 0 Å². The molecule has 0 amide bonds. The van der Waals surface area contributed by atoms with E-state index in [9.17, 15) is 5.21 Å². The van der Waals surface area contributed by atoms with Crippen LogP contribution in [0.3, 0.4) is 0 Å². The minimum atomic E-state index is -0.567. The number of rotatable bonds is 4. The monoisotopic (exact) mass is 326 g/mol. The summed E-state index contributed by atoms with van der Waals surface area (Å²) in [6.45, 7) is 0. The molecule has 1 saturated carbocycles. The van der Waals surface area contributed by atoms with Crippen molar-refractivity contribution in [3.63, 3.8) is 0 Å². The fraction of sp³-hybridized carbons (Fsp3) is 0.267. The molecule has 0 spiro atoms. The number of halogens is 2. The average Bonchev–Trinajstić information content (AvgIpc) is 3.07. The molecule has 104 valence electrons. The van der Waals surface area contributed by atoms with Crippen molar-refractivity contribution in [3.8, 4) is 0 Å². The minimum absolute atomic E-state index is 0.265. The summed E-state index contributed by atoms with van der Waals surface area (Å²) in [6.07, 6.45) is 2.46. The minimum Gasteiger partial charge on any atom is -0.284 e. The van der Waals surface area contributed by atoms with Crippen LogP contribution in [0.15, 0.2) is 53.7 Å². The first kappa shape index (κ1) is 14.1. The van der Waals surface area contributed by atoms with E-state index in [0.29, 0.717) is 0 Å². The quantitative estimate of drug-likeness (QED) is 0.394. The standard InChI is InChI=1S/C15H14Cl2NOS/c16-15(17)9-13(15)12-6-4-11(5-7-12)10-20-14-3-1-2-8-18(14)19/h1-8,13,19H,9-10H2/q+1. The first-order valence-corrected chi connectivity index (χ1v) is 8.10. The van der Waals surface area contributed by atoms with Crippen molar-refractivity contribution < 1.29 is 9.94 Å². The number of pyridine rings is 1. The van der Waals surface area contributed by atoms with Crippen LogP contribution in [0.5, 0.6) is 0 Å². The summed E-state index contributed by atoms with van der Waals surface area (Å²) in [5, 5.41) is 10.5. The number of aromatic nitrogens is 1. The molecule has 2 nitrogen and oxygen atoms in total. The van der Waals surface area contributed by atoms with Gasteiger partial charge in [-0.25, -0.2) is 0 Å². The zero-order chi connectivity index (χ0) is 14.2. The third-order valence-electron chi connectivity index (χ3n) is 3.40. The van der Waals surface area contributed by atoms with Crippen molar-refractivity contribution in [3.05, 3.63) is 59.8 Å². The van der Waals surface area contributed by atoms with Gasteiger partial charge in [0, 0.05) is 28.5 Å². The van der Waals surface area contributed by atoms with Crippen molar-refractivity contribution in [2.45, 2.75) is 27.5 Å². The summed E-state index contributed by atoms with van der Waals surface area (Å²) in [5.41, 5.74) is 2.40. The number of thioether (sulfide) groups is 1. The SMILES string of the molecule is O[n+]1ccccc1SCc1ccc(C2CC2(Cl)Cl)cc1. The molecule has 0 aliphatic heterocycles. The van der Waals surface area contributed by atoms with Gasteiger partial charge in [0.1, 0.15) is 4.33 Å². The molecule has 1 atom stereocenters. The molecule has 1 unspecified atom stereocenters. The van der Waals surface area contributed by atoms with Crippen molar-refractivity contribution in [1.29, 1.82) is 0 Å². The predicted octanol–water partition coefficient (Wildman–Crippen LogP) is 4.16. The van der Waals surface area contributed by atoms with Crippen LogP contribution in [-0.2, 0) is 5.75 Å². The van der Waals surface area contributed by atoms with Gasteiger partial charge >= 0.3 is 0 Å². The lowest BCUT2D eigenvalue weighted by molar-refractivity contribution is -0.932. The third kappa shape index (κ3) is 3.05. The molecule has 0 bridgehead atoms. The lowest BCUT2D eigenvalue weighted by Gasteiger charge is -2.03. The van der Waals surface area contributed by atoms with Crippen LogP contribution in [-0.4, -0.2) is 9.54 Å². The van der Waals surface area contributed by atoms with Crippen LogP contribution < -0.4 is 4.73 Å². The Balaban J connectivity index is 1.63. The van der Waals surface area contributed by atoms with E-state index in [1.807, 2.05) is 12.1 Å². The molecule has 1 aliphatic carbocycles. The predicted molar refractivity (Wildman–Crippen MR) is 81.6 cm³/mol. The van der Waals surface area contributed by atoms with Gasteiger partial charge in [0.25, 0.3) is 5.03 Å². The van der Waals surface area contributed by atoms with E-state index in [2.05, 4.69) is 24.3 Å². The Kier molecular flexibility index (Phi) is 3.85. The number of nitrogens with zero attached hydrogens (tertiary/aromatic N) is 1. The molecule has 1 heterocycles. The van der Waals surface area contributed by atoms with Crippen molar-refractivity contribution >= 4 is 35.0 Å². The Morgan fingerprint density at radius 1 is 1.20 bits per heavy atom. The van der Waals surface area contributed by atoms with Crippen LogP contribution in [0, 0.1) is 0 Å². The molecule has 3 rings (SSSR count).